The highest BCUT2D eigenvalue weighted by Crippen LogP contribution is 2.34. The predicted octanol–water partition coefficient (Wildman–Crippen LogP) is 3.27. The average Bonchev–Trinajstić information content (AvgIpc) is 2.85. The van der Waals surface area contributed by atoms with Crippen molar-refractivity contribution >= 4 is 40.5 Å². The van der Waals surface area contributed by atoms with Crippen LogP contribution in [0.1, 0.15) is 5.56 Å². The summed E-state index contributed by atoms with van der Waals surface area (Å²) in [6.07, 6.45) is 0. The third-order valence-corrected chi connectivity index (χ3v) is 4.38. The maximum Gasteiger partial charge on any atom is 0.281 e. The topological polar surface area (TPSA) is 68.2 Å². The largest absolute Gasteiger partial charge is 0.497 e. The van der Waals surface area contributed by atoms with Gasteiger partial charge in [-0.1, -0.05) is 12.1 Å². The number of aliphatic imine (C=N–C) groups is 1. The second-order valence-corrected chi connectivity index (χ2v) is 6.15. The highest BCUT2D eigenvalue weighted by Gasteiger charge is 2.45. The van der Waals surface area contributed by atoms with Gasteiger partial charge in [-0.15, -0.1) is 11.6 Å². The van der Waals surface area contributed by atoms with Crippen molar-refractivity contribution < 1.29 is 19.1 Å². The molecule has 0 spiro atoms. The van der Waals surface area contributed by atoms with E-state index >= 15 is 0 Å². The third kappa shape index (κ3) is 3.15. The van der Waals surface area contributed by atoms with Crippen LogP contribution in [0.15, 0.2) is 47.5 Å². The van der Waals surface area contributed by atoms with E-state index in [2.05, 4.69) is 4.99 Å². The van der Waals surface area contributed by atoms with Crippen molar-refractivity contribution in [3.63, 3.8) is 0 Å². The van der Waals surface area contributed by atoms with Crippen LogP contribution in [0.4, 0.5) is 11.4 Å². The monoisotopic (exact) mass is 372 g/mol. The van der Waals surface area contributed by atoms with Gasteiger partial charge in [0.2, 0.25) is 0 Å². The molecule has 134 valence electrons. The van der Waals surface area contributed by atoms with E-state index in [4.69, 9.17) is 21.1 Å². The van der Waals surface area contributed by atoms with Gasteiger partial charge in [0, 0.05) is 6.07 Å². The van der Waals surface area contributed by atoms with Gasteiger partial charge in [0.25, 0.3) is 11.8 Å². The van der Waals surface area contributed by atoms with E-state index in [0.717, 1.165) is 10.5 Å². The maximum atomic E-state index is 12.8. The summed E-state index contributed by atoms with van der Waals surface area (Å²) < 4.78 is 10.4. The Morgan fingerprint density at radius 1 is 1.08 bits per heavy atom. The fourth-order valence-corrected chi connectivity index (χ4v) is 2.92. The first kappa shape index (κ1) is 17.9. The Kier molecular flexibility index (Phi) is 4.95. The minimum atomic E-state index is -1.17. The number of rotatable bonds is 4. The molecule has 1 unspecified atom stereocenters. The van der Waals surface area contributed by atoms with Gasteiger partial charge in [-0.25, -0.2) is 9.89 Å². The summed E-state index contributed by atoms with van der Waals surface area (Å²) in [4.78, 5) is 30.7. The molecule has 0 aromatic heterocycles. The van der Waals surface area contributed by atoms with Crippen molar-refractivity contribution in [2.24, 2.45) is 4.99 Å². The molecule has 0 radical (unpaired) electrons. The van der Waals surface area contributed by atoms with Crippen molar-refractivity contribution in [3.8, 4) is 11.5 Å². The number of benzene rings is 2. The van der Waals surface area contributed by atoms with Crippen LogP contribution in [0.3, 0.4) is 0 Å². The lowest BCUT2D eigenvalue weighted by molar-refractivity contribution is -0.120. The molecule has 1 heterocycles. The molecule has 2 aromatic carbocycles. The summed E-state index contributed by atoms with van der Waals surface area (Å²) in [5, 5.41) is -1.17. The van der Waals surface area contributed by atoms with E-state index < -0.39 is 17.2 Å². The van der Waals surface area contributed by atoms with Gasteiger partial charge in [-0.2, -0.15) is 0 Å². The predicted molar refractivity (Wildman–Crippen MR) is 100.0 cm³/mol. The number of aryl methyl sites for hydroxylation is 1. The molecule has 1 aliphatic rings. The van der Waals surface area contributed by atoms with Gasteiger partial charge >= 0.3 is 0 Å². The number of anilines is 1. The minimum absolute atomic E-state index is 0.0512. The molecular formula is C19H17ClN2O4. The Balaban J connectivity index is 2.05. The molecule has 0 aliphatic carbocycles. The lowest BCUT2D eigenvalue weighted by atomic mass is 10.2. The lowest BCUT2D eigenvalue weighted by Crippen LogP contribution is -2.31. The van der Waals surface area contributed by atoms with Gasteiger partial charge < -0.3 is 9.47 Å². The number of carbonyl (C=O) groups is 2. The molecule has 7 heteroatoms. The second-order valence-electron chi connectivity index (χ2n) is 5.72. The fraction of sp³-hybridized carbons (Fsp3) is 0.211. The van der Waals surface area contributed by atoms with E-state index in [0.29, 0.717) is 22.9 Å². The number of ether oxygens (including phenoxy) is 2. The van der Waals surface area contributed by atoms with E-state index in [1.54, 1.807) is 36.4 Å². The molecule has 6 nitrogen and oxygen atoms in total. The smallest absolute Gasteiger partial charge is 0.281 e. The maximum absolute atomic E-state index is 12.8. The standard InChI is InChI=1S/C19H17ClN2O4/c1-11-5-4-6-12(9-11)22-18(23)16(20)17(19(22)24)21-14-10-13(25-2)7-8-15(14)26-3/h4-10,16H,1-3H3. The summed E-state index contributed by atoms with van der Waals surface area (Å²) in [5.41, 5.74) is 1.70. The molecule has 0 N–H and O–H groups in total. The van der Waals surface area contributed by atoms with Crippen LogP contribution < -0.4 is 14.4 Å². The van der Waals surface area contributed by atoms with Gasteiger partial charge in [-0.05, 0) is 36.8 Å². The quantitative estimate of drug-likeness (QED) is 0.610. The van der Waals surface area contributed by atoms with Crippen LogP contribution in [-0.4, -0.2) is 37.1 Å². The molecule has 2 aromatic rings. The number of hydrogen-bond donors (Lipinski definition) is 0. The molecule has 0 saturated carbocycles. The van der Waals surface area contributed by atoms with Gasteiger partial charge in [0.15, 0.2) is 5.38 Å². The zero-order valence-electron chi connectivity index (χ0n) is 14.5. The number of imide groups is 1. The van der Waals surface area contributed by atoms with E-state index in [-0.39, 0.29) is 5.71 Å². The van der Waals surface area contributed by atoms with Crippen molar-refractivity contribution in [1.82, 2.24) is 0 Å². The Morgan fingerprint density at radius 2 is 1.85 bits per heavy atom. The summed E-state index contributed by atoms with van der Waals surface area (Å²) in [6, 6.07) is 12.1. The number of halogens is 1. The fourth-order valence-electron chi connectivity index (χ4n) is 2.68. The Hall–Kier alpha value is -2.86. The van der Waals surface area contributed by atoms with Crippen molar-refractivity contribution in [3.05, 3.63) is 48.0 Å². The normalized spacial score (nSPS) is 18.5. The third-order valence-electron chi connectivity index (χ3n) is 3.99. The molecular weight excluding hydrogens is 356 g/mol. The first-order chi connectivity index (χ1) is 12.5. The number of amides is 2. The molecule has 1 aliphatic heterocycles. The summed E-state index contributed by atoms with van der Waals surface area (Å²) in [6.45, 7) is 1.88. The number of hydrogen-bond acceptors (Lipinski definition) is 5. The Bertz CT molecular complexity index is 910. The number of carbonyl (C=O) groups excluding carboxylic acids is 2. The zero-order valence-corrected chi connectivity index (χ0v) is 15.3. The molecule has 2 amide bonds. The van der Waals surface area contributed by atoms with Crippen LogP contribution in [0.25, 0.3) is 0 Å². The Labute approximate surface area is 156 Å². The number of alkyl halides is 1. The first-order valence-electron chi connectivity index (χ1n) is 7.86. The molecule has 1 atom stereocenters. The SMILES string of the molecule is COc1ccc(OC)c(N=C2C(=O)N(c3cccc(C)c3)C(=O)C2Cl)c1. The highest BCUT2D eigenvalue weighted by atomic mass is 35.5. The molecule has 26 heavy (non-hydrogen) atoms. The summed E-state index contributed by atoms with van der Waals surface area (Å²) >= 11 is 6.21. The van der Waals surface area contributed by atoms with Crippen LogP contribution >= 0.6 is 11.6 Å². The molecule has 0 bridgehead atoms. The van der Waals surface area contributed by atoms with Crippen LogP contribution in [0.5, 0.6) is 11.5 Å². The Morgan fingerprint density at radius 3 is 2.50 bits per heavy atom. The van der Waals surface area contributed by atoms with Gasteiger partial charge in [-0.3, -0.25) is 9.59 Å². The number of nitrogens with zero attached hydrogens (tertiary/aromatic N) is 2. The number of methoxy groups -OCH3 is 2. The lowest BCUT2D eigenvalue weighted by Gasteiger charge is -2.13. The van der Waals surface area contributed by atoms with E-state index in [9.17, 15) is 9.59 Å². The van der Waals surface area contributed by atoms with Gasteiger partial charge in [0.1, 0.15) is 22.9 Å². The first-order valence-corrected chi connectivity index (χ1v) is 8.29. The molecule has 1 saturated heterocycles. The summed E-state index contributed by atoms with van der Waals surface area (Å²) in [7, 11) is 3.01. The van der Waals surface area contributed by atoms with E-state index in [1.165, 1.54) is 14.2 Å². The van der Waals surface area contributed by atoms with Crippen molar-refractivity contribution in [1.29, 1.82) is 0 Å². The second kappa shape index (κ2) is 7.17. The van der Waals surface area contributed by atoms with Crippen LogP contribution in [-0.2, 0) is 9.59 Å². The molecule has 1 fully saturated rings. The summed E-state index contributed by atoms with van der Waals surface area (Å²) in [5.74, 6) is -0.0895. The van der Waals surface area contributed by atoms with Crippen molar-refractivity contribution in [2.45, 2.75) is 12.3 Å². The average molecular weight is 373 g/mol. The highest BCUT2D eigenvalue weighted by molar-refractivity contribution is 6.68. The minimum Gasteiger partial charge on any atom is -0.497 e. The van der Waals surface area contributed by atoms with E-state index in [1.807, 2.05) is 13.0 Å². The van der Waals surface area contributed by atoms with Crippen LogP contribution in [0.2, 0.25) is 0 Å². The molecule has 3 rings (SSSR count). The zero-order chi connectivity index (χ0) is 18.8. The van der Waals surface area contributed by atoms with Crippen molar-refractivity contribution in [2.75, 3.05) is 19.1 Å². The van der Waals surface area contributed by atoms with Crippen LogP contribution in [0, 0.1) is 6.92 Å². The van der Waals surface area contributed by atoms with Gasteiger partial charge in [0.05, 0.1) is 19.9 Å².